The molecule has 0 saturated heterocycles. The minimum Gasteiger partial charge on any atom is -0.465 e. The largest absolute Gasteiger partial charge is 0.465 e. The second-order valence-corrected chi connectivity index (χ2v) is 8.38. The molecule has 0 aliphatic rings. The van der Waals surface area contributed by atoms with Gasteiger partial charge in [0.2, 0.25) is 5.91 Å². The van der Waals surface area contributed by atoms with Crippen molar-refractivity contribution >= 4 is 40.0 Å². The van der Waals surface area contributed by atoms with Gasteiger partial charge in [0.05, 0.1) is 7.11 Å². The van der Waals surface area contributed by atoms with Crippen molar-refractivity contribution in [3.63, 3.8) is 0 Å². The van der Waals surface area contributed by atoms with E-state index >= 15 is 0 Å². The Morgan fingerprint density at radius 3 is 2.54 bits per heavy atom. The first-order valence-corrected chi connectivity index (χ1v) is 10.7. The topological polar surface area (TPSA) is 55.4 Å². The van der Waals surface area contributed by atoms with E-state index in [9.17, 15) is 9.59 Å². The maximum atomic E-state index is 12.5. The summed E-state index contributed by atoms with van der Waals surface area (Å²) in [6.45, 7) is 6.07. The summed E-state index contributed by atoms with van der Waals surface area (Å²) in [5, 5.41) is 3.48. The molecule has 0 radical (unpaired) electrons. The fourth-order valence-corrected chi connectivity index (χ4v) is 4.25. The number of carbonyl (C=O) groups is 2. The van der Waals surface area contributed by atoms with E-state index < -0.39 is 5.97 Å². The first kappa shape index (κ1) is 20.5. The van der Waals surface area contributed by atoms with Gasteiger partial charge in [-0.1, -0.05) is 18.2 Å². The van der Waals surface area contributed by atoms with E-state index in [2.05, 4.69) is 18.3 Å². The van der Waals surface area contributed by atoms with Gasteiger partial charge < -0.3 is 10.1 Å². The lowest BCUT2D eigenvalue weighted by molar-refractivity contribution is -0.116. The Bertz CT molecular complexity index is 812. The molecule has 0 fully saturated rings. The number of amides is 1. The average Bonchev–Trinajstić information content (AvgIpc) is 2.92. The third-order valence-corrected chi connectivity index (χ3v) is 5.99. The third-order valence-electron chi connectivity index (χ3n) is 4.27. The minimum absolute atomic E-state index is 0.0721. The smallest absolute Gasteiger partial charge is 0.341 e. The van der Waals surface area contributed by atoms with E-state index in [1.54, 1.807) is 11.8 Å². The van der Waals surface area contributed by atoms with E-state index in [4.69, 9.17) is 4.74 Å². The number of hydrogen-bond acceptors (Lipinski definition) is 5. The van der Waals surface area contributed by atoms with Crippen LogP contribution in [0.1, 0.15) is 39.2 Å². The van der Waals surface area contributed by atoms with Gasteiger partial charge in [-0.2, -0.15) is 11.8 Å². The summed E-state index contributed by atoms with van der Waals surface area (Å²) in [5.41, 5.74) is 4.60. The van der Waals surface area contributed by atoms with E-state index in [0.29, 0.717) is 17.0 Å². The van der Waals surface area contributed by atoms with Gasteiger partial charge >= 0.3 is 5.97 Å². The van der Waals surface area contributed by atoms with Crippen molar-refractivity contribution in [3.05, 3.63) is 39.8 Å². The number of rotatable bonds is 7. The van der Waals surface area contributed by atoms with Crippen molar-refractivity contribution in [1.29, 1.82) is 0 Å². The van der Waals surface area contributed by atoms with E-state index in [0.717, 1.165) is 33.7 Å². The molecule has 0 atom stereocenters. The molecule has 26 heavy (non-hydrogen) atoms. The molecule has 0 aliphatic carbocycles. The maximum absolute atomic E-state index is 12.5. The second-order valence-electron chi connectivity index (χ2n) is 6.17. The van der Waals surface area contributed by atoms with Crippen molar-refractivity contribution in [2.24, 2.45) is 0 Å². The molecule has 0 saturated carbocycles. The molecule has 1 amide bonds. The van der Waals surface area contributed by atoms with Crippen LogP contribution in [-0.2, 0) is 9.53 Å². The van der Waals surface area contributed by atoms with E-state index in [-0.39, 0.29) is 5.91 Å². The van der Waals surface area contributed by atoms with Gasteiger partial charge in [-0.25, -0.2) is 4.79 Å². The number of ether oxygens (including phenoxy) is 1. The second kappa shape index (κ2) is 9.24. The molecular weight excluding hydrogens is 366 g/mol. The maximum Gasteiger partial charge on any atom is 0.341 e. The molecule has 0 bridgehead atoms. The van der Waals surface area contributed by atoms with Gasteiger partial charge in [-0.05, 0) is 55.9 Å². The van der Waals surface area contributed by atoms with E-state index in [1.807, 2.05) is 32.2 Å². The summed E-state index contributed by atoms with van der Waals surface area (Å²) < 4.78 is 5.00. The molecule has 1 N–H and O–H groups in total. The number of carbonyl (C=O) groups excluding carboxylic acids is 2. The summed E-state index contributed by atoms with van der Waals surface area (Å²) in [4.78, 5) is 25.7. The highest BCUT2D eigenvalue weighted by Gasteiger charge is 2.25. The lowest BCUT2D eigenvalue weighted by Gasteiger charge is -2.09. The lowest BCUT2D eigenvalue weighted by Crippen LogP contribution is -2.14. The Balaban J connectivity index is 2.42. The number of esters is 1. The molecule has 4 nitrogen and oxygen atoms in total. The third kappa shape index (κ3) is 4.68. The standard InChI is InChI=1S/C20H25NO3S2/c1-12-8-9-15(11-13(12)2)17-14(3)26-19(18(17)20(23)24-4)21-16(22)7-6-10-25-5/h8-9,11H,6-7,10H2,1-5H3,(H,21,22). The summed E-state index contributed by atoms with van der Waals surface area (Å²) >= 11 is 3.14. The molecular formula is C20H25NO3S2. The van der Waals surface area contributed by atoms with Crippen molar-refractivity contribution in [3.8, 4) is 11.1 Å². The van der Waals surface area contributed by atoms with Gasteiger partial charge in [0.1, 0.15) is 10.6 Å². The zero-order chi connectivity index (χ0) is 19.3. The van der Waals surface area contributed by atoms with Crippen molar-refractivity contribution in [2.75, 3.05) is 24.4 Å². The Labute approximate surface area is 163 Å². The van der Waals surface area contributed by atoms with Crippen LogP contribution < -0.4 is 5.32 Å². The van der Waals surface area contributed by atoms with Crippen LogP contribution in [0.3, 0.4) is 0 Å². The molecule has 0 aliphatic heterocycles. The lowest BCUT2D eigenvalue weighted by atomic mass is 9.97. The average molecular weight is 392 g/mol. The monoisotopic (exact) mass is 391 g/mol. The van der Waals surface area contributed by atoms with Crippen LogP contribution in [0.4, 0.5) is 5.00 Å². The van der Waals surface area contributed by atoms with Crippen LogP contribution in [0.2, 0.25) is 0 Å². The van der Waals surface area contributed by atoms with Gasteiger partial charge in [0, 0.05) is 16.9 Å². The molecule has 2 aromatic rings. The van der Waals surface area contributed by atoms with Gasteiger partial charge in [0.25, 0.3) is 0 Å². The highest BCUT2D eigenvalue weighted by atomic mass is 32.2. The predicted octanol–water partition coefficient (Wildman–Crippen LogP) is 5.21. The highest BCUT2D eigenvalue weighted by Crippen LogP contribution is 2.40. The molecule has 1 aromatic heterocycles. The Hall–Kier alpha value is -1.79. The van der Waals surface area contributed by atoms with Crippen LogP contribution in [0.25, 0.3) is 11.1 Å². The van der Waals surface area contributed by atoms with E-state index in [1.165, 1.54) is 24.0 Å². The van der Waals surface area contributed by atoms with Crippen molar-refractivity contribution in [1.82, 2.24) is 0 Å². The van der Waals surface area contributed by atoms with Crippen LogP contribution in [0.5, 0.6) is 0 Å². The Morgan fingerprint density at radius 2 is 1.92 bits per heavy atom. The first-order valence-electron chi connectivity index (χ1n) is 8.47. The summed E-state index contributed by atoms with van der Waals surface area (Å²) in [5.74, 6) is 0.438. The number of nitrogens with one attached hydrogen (secondary N) is 1. The SMILES string of the molecule is COC(=O)c1c(NC(=O)CCCSC)sc(C)c1-c1ccc(C)c(C)c1. The van der Waals surface area contributed by atoms with Gasteiger partial charge in [-0.3, -0.25) is 4.79 Å². The van der Waals surface area contributed by atoms with Crippen LogP contribution in [-0.4, -0.2) is 31.0 Å². The quantitative estimate of drug-likeness (QED) is 0.520. The molecule has 0 unspecified atom stereocenters. The Kier molecular flexibility index (Phi) is 7.29. The molecule has 2 rings (SSSR count). The molecule has 1 heterocycles. The summed E-state index contributed by atoms with van der Waals surface area (Å²) in [6.07, 6.45) is 3.28. The number of methoxy groups -OCH3 is 1. The van der Waals surface area contributed by atoms with Crippen molar-refractivity contribution in [2.45, 2.75) is 33.6 Å². The number of thioether (sulfide) groups is 1. The fraction of sp³-hybridized carbons (Fsp3) is 0.400. The summed E-state index contributed by atoms with van der Waals surface area (Å²) in [6, 6.07) is 6.12. The van der Waals surface area contributed by atoms with Crippen LogP contribution >= 0.6 is 23.1 Å². The molecule has 0 spiro atoms. The van der Waals surface area contributed by atoms with Crippen molar-refractivity contribution < 1.29 is 14.3 Å². The number of aryl methyl sites for hydroxylation is 3. The normalized spacial score (nSPS) is 10.7. The first-order chi connectivity index (χ1) is 12.4. The highest BCUT2D eigenvalue weighted by molar-refractivity contribution is 7.98. The molecule has 1 aromatic carbocycles. The zero-order valence-electron chi connectivity index (χ0n) is 15.9. The molecule has 6 heteroatoms. The van der Waals surface area contributed by atoms with Crippen LogP contribution in [0.15, 0.2) is 18.2 Å². The van der Waals surface area contributed by atoms with Gasteiger partial charge in [-0.15, -0.1) is 11.3 Å². The number of hydrogen-bond donors (Lipinski definition) is 1. The number of anilines is 1. The predicted molar refractivity (Wildman–Crippen MR) is 112 cm³/mol. The molecule has 140 valence electrons. The Morgan fingerprint density at radius 1 is 1.19 bits per heavy atom. The van der Waals surface area contributed by atoms with Crippen LogP contribution in [0, 0.1) is 20.8 Å². The van der Waals surface area contributed by atoms with Gasteiger partial charge in [0.15, 0.2) is 0 Å². The number of thiophene rings is 1. The zero-order valence-corrected chi connectivity index (χ0v) is 17.5. The fourth-order valence-electron chi connectivity index (χ4n) is 2.74. The minimum atomic E-state index is -0.429. The summed E-state index contributed by atoms with van der Waals surface area (Å²) in [7, 11) is 1.36. The number of benzene rings is 1.